The zero-order valence-corrected chi connectivity index (χ0v) is 11.9. The van der Waals surface area contributed by atoms with Gasteiger partial charge in [0.15, 0.2) is 0 Å². The van der Waals surface area contributed by atoms with Gasteiger partial charge in [-0.2, -0.15) is 0 Å². The fraction of sp³-hybridized carbons (Fsp3) is 0.143. The van der Waals surface area contributed by atoms with Crippen LogP contribution in [-0.4, -0.2) is 5.11 Å². The topological polar surface area (TPSA) is 20.2 Å². The Bertz CT molecular complexity index is 666. The maximum Gasteiger partial charge on any atom is 0.143 e. The van der Waals surface area contributed by atoms with Crippen LogP contribution in [0.1, 0.15) is 17.2 Å². The van der Waals surface area contributed by atoms with Crippen LogP contribution in [0.2, 0.25) is 0 Å². The van der Waals surface area contributed by atoms with Crippen LogP contribution in [0.15, 0.2) is 28.7 Å². The molecule has 0 heterocycles. The van der Waals surface area contributed by atoms with E-state index in [9.17, 15) is 27.1 Å². The van der Waals surface area contributed by atoms with Crippen molar-refractivity contribution in [2.75, 3.05) is 0 Å². The summed E-state index contributed by atoms with van der Waals surface area (Å²) in [4.78, 5) is 0. The molecule has 21 heavy (non-hydrogen) atoms. The van der Waals surface area contributed by atoms with Gasteiger partial charge >= 0.3 is 0 Å². The van der Waals surface area contributed by atoms with Crippen molar-refractivity contribution >= 4 is 15.9 Å². The van der Waals surface area contributed by atoms with E-state index in [2.05, 4.69) is 15.9 Å². The molecular formula is C14H8BrF5O. The van der Waals surface area contributed by atoms with Crippen LogP contribution < -0.4 is 0 Å². The highest BCUT2D eigenvalue weighted by atomic mass is 79.9. The van der Waals surface area contributed by atoms with Crippen LogP contribution in [0.5, 0.6) is 0 Å². The van der Waals surface area contributed by atoms with E-state index in [0.717, 1.165) is 12.1 Å². The molecule has 1 N–H and O–H groups in total. The molecule has 0 aliphatic rings. The maximum atomic E-state index is 13.8. The summed E-state index contributed by atoms with van der Waals surface area (Å²) in [7, 11) is 0. The predicted octanol–water partition coefficient (Wildman–Crippen LogP) is 4.42. The Kier molecular flexibility index (Phi) is 4.63. The number of benzene rings is 2. The molecule has 112 valence electrons. The quantitative estimate of drug-likeness (QED) is 0.629. The lowest BCUT2D eigenvalue weighted by Gasteiger charge is -2.14. The minimum atomic E-state index is -1.86. The molecular weight excluding hydrogens is 359 g/mol. The van der Waals surface area contributed by atoms with Gasteiger partial charge in [0.05, 0.1) is 16.1 Å². The highest BCUT2D eigenvalue weighted by Crippen LogP contribution is 2.29. The van der Waals surface area contributed by atoms with E-state index >= 15 is 0 Å². The molecule has 0 saturated carbocycles. The fourth-order valence-electron chi connectivity index (χ4n) is 1.92. The van der Waals surface area contributed by atoms with Gasteiger partial charge in [0, 0.05) is 24.1 Å². The van der Waals surface area contributed by atoms with Gasteiger partial charge in [0.2, 0.25) is 0 Å². The third-order valence-electron chi connectivity index (χ3n) is 2.91. The summed E-state index contributed by atoms with van der Waals surface area (Å²) in [5, 5.41) is 9.82. The lowest BCUT2D eigenvalue weighted by Crippen LogP contribution is -2.10. The molecule has 1 nitrogen and oxygen atoms in total. The minimum absolute atomic E-state index is 0.0499. The summed E-state index contributed by atoms with van der Waals surface area (Å²) in [5.74, 6) is -5.73. The summed E-state index contributed by atoms with van der Waals surface area (Å²) < 4.78 is 67.1. The van der Waals surface area contributed by atoms with Gasteiger partial charge in [0.25, 0.3) is 0 Å². The second kappa shape index (κ2) is 6.11. The van der Waals surface area contributed by atoms with Crippen molar-refractivity contribution in [2.45, 2.75) is 12.5 Å². The summed E-state index contributed by atoms with van der Waals surface area (Å²) >= 11 is 2.84. The summed E-state index contributed by atoms with van der Waals surface area (Å²) in [6.07, 6.45) is -2.56. The standard InChI is InChI=1S/C14H8BrF5O/c15-8-1-2-9(17)7(14(8)20)5-12(21)13-10(18)3-6(16)4-11(13)19/h1-4,12,21H,5H2. The van der Waals surface area contributed by atoms with Crippen molar-refractivity contribution in [3.63, 3.8) is 0 Å². The number of hydrogen-bond acceptors (Lipinski definition) is 1. The number of aliphatic hydroxyl groups excluding tert-OH is 1. The zero-order valence-electron chi connectivity index (χ0n) is 10.3. The highest BCUT2D eigenvalue weighted by molar-refractivity contribution is 9.10. The molecule has 0 amide bonds. The van der Waals surface area contributed by atoms with Crippen LogP contribution in [0.25, 0.3) is 0 Å². The smallest absolute Gasteiger partial charge is 0.143 e. The maximum absolute atomic E-state index is 13.8. The van der Waals surface area contributed by atoms with Crippen molar-refractivity contribution in [3.8, 4) is 0 Å². The van der Waals surface area contributed by atoms with Crippen LogP contribution in [-0.2, 0) is 6.42 Å². The fourth-order valence-corrected chi connectivity index (χ4v) is 2.29. The van der Waals surface area contributed by atoms with Gasteiger partial charge in [0.1, 0.15) is 29.1 Å². The Hall–Kier alpha value is -1.47. The molecule has 7 heteroatoms. The average Bonchev–Trinajstić information content (AvgIpc) is 2.38. The van der Waals surface area contributed by atoms with Crippen molar-refractivity contribution in [2.24, 2.45) is 0 Å². The molecule has 0 saturated heterocycles. The molecule has 2 rings (SSSR count). The van der Waals surface area contributed by atoms with E-state index in [1.165, 1.54) is 0 Å². The van der Waals surface area contributed by atoms with Gasteiger partial charge < -0.3 is 5.11 Å². The van der Waals surface area contributed by atoms with Gasteiger partial charge in [-0.3, -0.25) is 0 Å². The van der Waals surface area contributed by atoms with Crippen LogP contribution >= 0.6 is 15.9 Å². The number of rotatable bonds is 3. The van der Waals surface area contributed by atoms with Crippen molar-refractivity contribution in [1.29, 1.82) is 0 Å². The molecule has 0 aromatic heterocycles. The Morgan fingerprint density at radius 3 is 2.10 bits per heavy atom. The lowest BCUT2D eigenvalue weighted by molar-refractivity contribution is 0.165. The molecule has 2 aromatic carbocycles. The van der Waals surface area contributed by atoms with Crippen LogP contribution in [0.3, 0.4) is 0 Å². The Labute approximate surface area is 125 Å². The Balaban J connectivity index is 2.40. The monoisotopic (exact) mass is 366 g/mol. The van der Waals surface area contributed by atoms with Crippen molar-refractivity contribution in [1.82, 2.24) is 0 Å². The van der Waals surface area contributed by atoms with Crippen molar-refractivity contribution in [3.05, 3.63) is 69.0 Å². The second-order valence-electron chi connectivity index (χ2n) is 4.32. The molecule has 0 radical (unpaired) electrons. The SMILES string of the molecule is OC(Cc1c(F)ccc(Br)c1F)c1c(F)cc(F)cc1F. The second-order valence-corrected chi connectivity index (χ2v) is 5.18. The van der Waals surface area contributed by atoms with Crippen LogP contribution in [0, 0.1) is 29.1 Å². The molecule has 1 atom stereocenters. The average molecular weight is 367 g/mol. The number of aliphatic hydroxyl groups is 1. The van der Waals surface area contributed by atoms with E-state index in [1.807, 2.05) is 0 Å². The summed E-state index contributed by atoms with van der Waals surface area (Å²) in [6.45, 7) is 0. The van der Waals surface area contributed by atoms with Crippen LogP contribution in [0.4, 0.5) is 22.0 Å². The van der Waals surface area contributed by atoms with Crippen molar-refractivity contribution < 1.29 is 27.1 Å². The van der Waals surface area contributed by atoms with E-state index in [4.69, 9.17) is 0 Å². The molecule has 0 bridgehead atoms. The third kappa shape index (κ3) is 3.24. The minimum Gasteiger partial charge on any atom is -0.388 e. The van der Waals surface area contributed by atoms with Gasteiger partial charge in [-0.1, -0.05) is 0 Å². The van der Waals surface area contributed by atoms with Gasteiger partial charge in [-0.25, -0.2) is 22.0 Å². The first-order valence-corrected chi connectivity index (χ1v) is 6.55. The largest absolute Gasteiger partial charge is 0.388 e. The zero-order chi connectivity index (χ0) is 15.7. The third-order valence-corrected chi connectivity index (χ3v) is 3.53. The van der Waals surface area contributed by atoms with E-state index in [-0.39, 0.29) is 4.47 Å². The predicted molar refractivity (Wildman–Crippen MR) is 69.0 cm³/mol. The molecule has 0 aliphatic carbocycles. The number of hydrogen-bond donors (Lipinski definition) is 1. The molecule has 0 spiro atoms. The first-order chi connectivity index (χ1) is 9.81. The first-order valence-electron chi connectivity index (χ1n) is 5.76. The normalized spacial score (nSPS) is 12.5. The molecule has 1 unspecified atom stereocenters. The first kappa shape index (κ1) is 15.9. The van der Waals surface area contributed by atoms with E-state index in [1.54, 1.807) is 0 Å². The van der Waals surface area contributed by atoms with Gasteiger partial charge in [-0.05, 0) is 28.1 Å². The molecule has 0 aliphatic heterocycles. The highest BCUT2D eigenvalue weighted by Gasteiger charge is 2.23. The summed E-state index contributed by atoms with van der Waals surface area (Å²) in [6, 6.07) is 2.84. The number of halogens is 6. The van der Waals surface area contributed by atoms with Gasteiger partial charge in [-0.15, -0.1) is 0 Å². The summed E-state index contributed by atoms with van der Waals surface area (Å²) in [5.41, 5.74) is -1.37. The Morgan fingerprint density at radius 2 is 1.52 bits per heavy atom. The Morgan fingerprint density at radius 1 is 0.952 bits per heavy atom. The van der Waals surface area contributed by atoms with E-state index in [0.29, 0.717) is 12.1 Å². The molecule has 2 aromatic rings. The van der Waals surface area contributed by atoms with E-state index < -0.39 is 52.7 Å². The molecule has 0 fully saturated rings. The lowest BCUT2D eigenvalue weighted by atomic mass is 9.99.